The third-order valence-electron chi connectivity index (χ3n) is 4.88. The summed E-state index contributed by atoms with van der Waals surface area (Å²) in [5.41, 5.74) is 2.16. The molecule has 28 heavy (non-hydrogen) atoms. The van der Waals surface area contributed by atoms with Gasteiger partial charge in [-0.15, -0.1) is 0 Å². The number of carboxylic acids is 1. The molecule has 1 atom stereocenters. The summed E-state index contributed by atoms with van der Waals surface area (Å²) in [6.45, 7) is 1.19. The SMILES string of the molecule is COc1cc(CN2C[C@H](C(=O)O)CC2=O)ccc1OCCCc1ccccc1. The van der Waals surface area contributed by atoms with Gasteiger partial charge < -0.3 is 19.5 Å². The van der Waals surface area contributed by atoms with Gasteiger partial charge in [-0.3, -0.25) is 9.59 Å². The first-order valence-electron chi connectivity index (χ1n) is 9.41. The second-order valence-corrected chi connectivity index (χ2v) is 6.94. The predicted octanol–water partition coefficient (Wildman–Crippen LogP) is 3.14. The van der Waals surface area contributed by atoms with E-state index in [0.717, 1.165) is 18.4 Å². The second-order valence-electron chi connectivity index (χ2n) is 6.94. The van der Waals surface area contributed by atoms with Crippen LogP contribution in [0.15, 0.2) is 48.5 Å². The molecule has 0 bridgehead atoms. The summed E-state index contributed by atoms with van der Waals surface area (Å²) in [7, 11) is 1.58. The molecule has 1 amide bonds. The van der Waals surface area contributed by atoms with Crippen LogP contribution in [0.1, 0.15) is 24.0 Å². The smallest absolute Gasteiger partial charge is 0.308 e. The second kappa shape index (κ2) is 9.26. The largest absolute Gasteiger partial charge is 0.493 e. The molecule has 0 spiro atoms. The highest BCUT2D eigenvalue weighted by atomic mass is 16.5. The Morgan fingerprint density at radius 3 is 2.61 bits per heavy atom. The van der Waals surface area contributed by atoms with Gasteiger partial charge in [0.1, 0.15) is 0 Å². The lowest BCUT2D eigenvalue weighted by atomic mass is 10.1. The average molecular weight is 383 g/mol. The molecule has 1 N–H and O–H groups in total. The van der Waals surface area contributed by atoms with Crippen LogP contribution in [-0.2, 0) is 22.6 Å². The van der Waals surface area contributed by atoms with Crippen LogP contribution in [0.4, 0.5) is 0 Å². The summed E-state index contributed by atoms with van der Waals surface area (Å²) >= 11 is 0. The van der Waals surface area contributed by atoms with Crippen LogP contribution in [-0.4, -0.2) is 42.1 Å². The van der Waals surface area contributed by atoms with E-state index in [1.54, 1.807) is 12.0 Å². The van der Waals surface area contributed by atoms with Gasteiger partial charge in [-0.1, -0.05) is 36.4 Å². The fourth-order valence-corrected chi connectivity index (χ4v) is 3.34. The van der Waals surface area contributed by atoms with Crippen LogP contribution >= 0.6 is 0 Å². The Morgan fingerprint density at radius 2 is 1.93 bits per heavy atom. The van der Waals surface area contributed by atoms with Crippen LogP contribution in [0, 0.1) is 5.92 Å². The Bertz CT molecular complexity index is 821. The van der Waals surface area contributed by atoms with E-state index in [1.807, 2.05) is 36.4 Å². The quantitative estimate of drug-likeness (QED) is 0.673. The standard InChI is InChI=1S/C22H25NO5/c1-27-20-12-17(14-23-15-18(22(25)26)13-21(23)24)9-10-19(20)28-11-5-8-16-6-3-2-4-7-16/h2-4,6-7,9-10,12,18H,5,8,11,13-15H2,1H3,(H,25,26)/t18-/m1/s1. The molecule has 1 aliphatic heterocycles. The number of nitrogens with zero attached hydrogens (tertiary/aromatic N) is 1. The summed E-state index contributed by atoms with van der Waals surface area (Å²) in [6.07, 6.45) is 1.91. The van der Waals surface area contributed by atoms with Gasteiger partial charge in [-0.05, 0) is 36.1 Å². The lowest BCUT2D eigenvalue weighted by molar-refractivity contribution is -0.141. The molecule has 3 rings (SSSR count). The Hall–Kier alpha value is -3.02. The number of ether oxygens (including phenoxy) is 2. The van der Waals surface area contributed by atoms with Gasteiger partial charge in [0.25, 0.3) is 0 Å². The first-order valence-corrected chi connectivity index (χ1v) is 9.41. The van der Waals surface area contributed by atoms with Gasteiger partial charge in [0.05, 0.1) is 19.6 Å². The molecule has 0 aliphatic carbocycles. The van der Waals surface area contributed by atoms with Gasteiger partial charge in [-0.25, -0.2) is 0 Å². The molecule has 0 aromatic heterocycles. The van der Waals surface area contributed by atoms with Crippen molar-refractivity contribution in [2.45, 2.75) is 25.8 Å². The van der Waals surface area contributed by atoms with Crippen molar-refractivity contribution < 1.29 is 24.2 Å². The third kappa shape index (κ3) is 5.03. The molecule has 2 aromatic carbocycles. The summed E-state index contributed by atoms with van der Waals surface area (Å²) in [5.74, 6) is -0.406. The number of aryl methyl sites for hydroxylation is 1. The fourth-order valence-electron chi connectivity index (χ4n) is 3.34. The summed E-state index contributed by atoms with van der Waals surface area (Å²) < 4.78 is 11.3. The van der Waals surface area contributed by atoms with Gasteiger partial charge in [0.15, 0.2) is 11.5 Å². The van der Waals surface area contributed by atoms with Crippen molar-refractivity contribution in [2.24, 2.45) is 5.92 Å². The van der Waals surface area contributed by atoms with Crippen LogP contribution in [0.3, 0.4) is 0 Å². The van der Waals surface area contributed by atoms with Crippen molar-refractivity contribution in [1.82, 2.24) is 4.90 Å². The maximum atomic E-state index is 12.0. The minimum absolute atomic E-state index is 0.0646. The first kappa shape index (κ1) is 19.7. The molecular formula is C22H25NO5. The molecule has 6 nitrogen and oxygen atoms in total. The highest BCUT2D eigenvalue weighted by Gasteiger charge is 2.34. The van der Waals surface area contributed by atoms with Crippen molar-refractivity contribution in [3.8, 4) is 11.5 Å². The molecule has 2 aromatic rings. The van der Waals surface area contributed by atoms with Gasteiger partial charge >= 0.3 is 5.97 Å². The highest BCUT2D eigenvalue weighted by molar-refractivity contribution is 5.86. The van der Waals surface area contributed by atoms with Crippen LogP contribution in [0.5, 0.6) is 11.5 Å². The molecule has 1 aliphatic rings. The maximum absolute atomic E-state index is 12.0. The monoisotopic (exact) mass is 383 g/mol. The number of amides is 1. The van der Waals surface area contributed by atoms with Crippen LogP contribution in [0.2, 0.25) is 0 Å². The van der Waals surface area contributed by atoms with E-state index >= 15 is 0 Å². The number of likely N-dealkylation sites (tertiary alicyclic amines) is 1. The molecule has 148 valence electrons. The fraction of sp³-hybridized carbons (Fsp3) is 0.364. The number of hydrogen-bond donors (Lipinski definition) is 1. The number of carbonyl (C=O) groups is 2. The third-order valence-corrected chi connectivity index (χ3v) is 4.88. The number of benzene rings is 2. The predicted molar refractivity (Wildman–Crippen MR) is 104 cm³/mol. The number of carboxylic acid groups (broad SMARTS) is 1. The molecule has 1 fully saturated rings. The van der Waals surface area contributed by atoms with E-state index < -0.39 is 11.9 Å². The van der Waals surface area contributed by atoms with Crippen molar-refractivity contribution in [3.63, 3.8) is 0 Å². The van der Waals surface area contributed by atoms with E-state index in [0.29, 0.717) is 24.7 Å². The molecular weight excluding hydrogens is 358 g/mol. The zero-order valence-corrected chi connectivity index (χ0v) is 16.0. The topological polar surface area (TPSA) is 76.1 Å². The van der Waals surface area contributed by atoms with Crippen LogP contribution in [0.25, 0.3) is 0 Å². The minimum Gasteiger partial charge on any atom is -0.493 e. The van der Waals surface area contributed by atoms with E-state index in [2.05, 4.69) is 12.1 Å². The number of hydrogen-bond acceptors (Lipinski definition) is 4. The Kier molecular flexibility index (Phi) is 6.53. The minimum atomic E-state index is -0.923. The van der Waals surface area contributed by atoms with Crippen molar-refractivity contribution in [3.05, 3.63) is 59.7 Å². The van der Waals surface area contributed by atoms with Gasteiger partial charge in [-0.2, -0.15) is 0 Å². The van der Waals surface area contributed by atoms with Crippen molar-refractivity contribution in [2.75, 3.05) is 20.3 Å². The number of rotatable bonds is 9. The lowest BCUT2D eigenvalue weighted by Gasteiger charge is -2.18. The van der Waals surface area contributed by atoms with Crippen LogP contribution < -0.4 is 9.47 Å². The van der Waals surface area contributed by atoms with Gasteiger partial charge in [0, 0.05) is 19.5 Å². The van der Waals surface area contributed by atoms with E-state index in [9.17, 15) is 9.59 Å². The number of carbonyl (C=O) groups excluding carboxylic acids is 1. The van der Waals surface area contributed by atoms with Crippen molar-refractivity contribution >= 4 is 11.9 Å². The zero-order valence-electron chi connectivity index (χ0n) is 16.0. The van der Waals surface area contributed by atoms with Crippen molar-refractivity contribution in [1.29, 1.82) is 0 Å². The molecule has 0 unspecified atom stereocenters. The summed E-state index contributed by atoms with van der Waals surface area (Å²) in [5, 5.41) is 9.09. The molecule has 6 heteroatoms. The molecule has 1 saturated heterocycles. The first-order chi connectivity index (χ1) is 13.6. The molecule has 1 heterocycles. The normalized spacial score (nSPS) is 16.2. The van der Waals surface area contributed by atoms with E-state index in [-0.39, 0.29) is 18.9 Å². The van der Waals surface area contributed by atoms with E-state index in [1.165, 1.54) is 5.56 Å². The number of methoxy groups -OCH3 is 1. The zero-order chi connectivity index (χ0) is 19.9. The molecule has 0 radical (unpaired) electrons. The van der Waals surface area contributed by atoms with E-state index in [4.69, 9.17) is 14.6 Å². The summed E-state index contributed by atoms with van der Waals surface area (Å²) in [6, 6.07) is 15.8. The summed E-state index contributed by atoms with van der Waals surface area (Å²) in [4.78, 5) is 24.7. The lowest BCUT2D eigenvalue weighted by Crippen LogP contribution is -2.25. The average Bonchev–Trinajstić information content (AvgIpc) is 3.07. The highest BCUT2D eigenvalue weighted by Crippen LogP contribution is 2.30. The Balaban J connectivity index is 1.55. The number of aliphatic carboxylic acids is 1. The molecule has 0 saturated carbocycles. The van der Waals surface area contributed by atoms with Gasteiger partial charge in [0.2, 0.25) is 5.91 Å². The maximum Gasteiger partial charge on any atom is 0.308 e. The Labute approximate surface area is 164 Å². The Morgan fingerprint density at radius 1 is 1.14 bits per heavy atom.